The second-order valence-corrected chi connectivity index (χ2v) is 9.65. The molecule has 3 aromatic carbocycles. The Balaban J connectivity index is 1.45. The Kier molecular flexibility index (Phi) is 7.85. The van der Waals surface area contributed by atoms with Gasteiger partial charge in [-0.2, -0.15) is 10.2 Å². The first-order chi connectivity index (χ1) is 17.3. The zero-order valence-corrected chi connectivity index (χ0v) is 21.2. The summed E-state index contributed by atoms with van der Waals surface area (Å²) in [6.45, 7) is 6.49. The molecule has 1 N–H and O–H groups in total. The van der Waals surface area contributed by atoms with E-state index in [2.05, 4.69) is 24.1 Å². The third kappa shape index (κ3) is 6.01. The van der Waals surface area contributed by atoms with E-state index in [0.717, 1.165) is 33.5 Å². The van der Waals surface area contributed by atoms with Gasteiger partial charge in [0.05, 0.1) is 22.8 Å². The van der Waals surface area contributed by atoms with E-state index in [-0.39, 0.29) is 35.0 Å². The predicted octanol–water partition coefficient (Wildman–Crippen LogP) is 7.35. The predicted molar refractivity (Wildman–Crippen MR) is 142 cm³/mol. The Hall–Kier alpha value is -3.91. The number of amides is 2. The third-order valence-electron chi connectivity index (χ3n) is 5.57. The largest absolute Gasteiger partial charge is 0.507 e. The monoisotopic (exact) mass is 501 g/mol. The number of aryl methyl sites for hydroxylation is 1. The lowest BCUT2D eigenvalue weighted by atomic mass is 10.0. The van der Waals surface area contributed by atoms with Gasteiger partial charge in [0.2, 0.25) is 0 Å². The number of ether oxygens (including phenoxy) is 1. The number of phenolic OH excluding ortho intramolecular Hbond substituents is 1. The van der Waals surface area contributed by atoms with E-state index >= 15 is 0 Å². The van der Waals surface area contributed by atoms with Crippen molar-refractivity contribution >= 4 is 40.4 Å². The number of hydrogen-bond donors (Lipinski definition) is 1. The molecule has 0 spiro atoms. The molecular weight excluding hydrogens is 474 g/mol. The normalized spacial score (nSPS) is 15.0. The lowest BCUT2D eigenvalue weighted by Crippen LogP contribution is -2.32. The molecular formula is C28H27N3O4S. The first kappa shape index (κ1) is 25.2. The van der Waals surface area contributed by atoms with E-state index in [1.165, 1.54) is 12.1 Å². The number of aromatic hydroxyl groups is 1. The van der Waals surface area contributed by atoms with Crippen LogP contribution in [-0.2, 0) is 4.79 Å². The van der Waals surface area contributed by atoms with Gasteiger partial charge in [-0.15, -0.1) is 0 Å². The van der Waals surface area contributed by atoms with E-state index in [1.807, 2.05) is 55.5 Å². The minimum atomic E-state index is -0.419. The minimum absolute atomic E-state index is 0.0237. The number of carbonyl (C=O) groups excluding carboxylic acids is 2. The molecule has 2 amide bonds. The summed E-state index contributed by atoms with van der Waals surface area (Å²) in [5, 5.41) is 18.3. The van der Waals surface area contributed by atoms with Gasteiger partial charge in [0.1, 0.15) is 18.1 Å². The number of benzene rings is 3. The van der Waals surface area contributed by atoms with E-state index in [9.17, 15) is 14.7 Å². The van der Waals surface area contributed by atoms with Crippen LogP contribution in [0.2, 0.25) is 0 Å². The van der Waals surface area contributed by atoms with Crippen LogP contribution in [0.1, 0.15) is 36.5 Å². The Morgan fingerprint density at radius 1 is 1.00 bits per heavy atom. The summed E-state index contributed by atoms with van der Waals surface area (Å²) in [7, 11) is 0. The molecule has 1 aliphatic heterocycles. The Bertz CT molecular complexity index is 1340. The highest BCUT2D eigenvalue weighted by atomic mass is 32.2. The Morgan fingerprint density at radius 2 is 1.75 bits per heavy atom. The van der Waals surface area contributed by atoms with Crippen LogP contribution in [0.4, 0.5) is 16.2 Å². The Morgan fingerprint density at radius 3 is 2.50 bits per heavy atom. The summed E-state index contributed by atoms with van der Waals surface area (Å²) < 4.78 is 5.95. The van der Waals surface area contributed by atoms with Crippen LogP contribution >= 0.6 is 11.8 Å². The smallest absolute Gasteiger partial charge is 0.293 e. The molecule has 3 aromatic rings. The van der Waals surface area contributed by atoms with E-state index in [1.54, 1.807) is 12.1 Å². The summed E-state index contributed by atoms with van der Waals surface area (Å²) >= 11 is 0.836. The number of nitrogens with zero attached hydrogens (tertiary/aromatic N) is 3. The van der Waals surface area contributed by atoms with Gasteiger partial charge < -0.3 is 9.84 Å². The van der Waals surface area contributed by atoms with Gasteiger partial charge in [0.15, 0.2) is 0 Å². The molecule has 1 fully saturated rings. The van der Waals surface area contributed by atoms with E-state index in [4.69, 9.17) is 4.74 Å². The first-order valence-corrected chi connectivity index (χ1v) is 12.4. The highest BCUT2D eigenvalue weighted by Gasteiger charge is 2.35. The van der Waals surface area contributed by atoms with E-state index in [0.29, 0.717) is 16.9 Å². The van der Waals surface area contributed by atoms with Crippen molar-refractivity contribution in [3.05, 3.63) is 88.3 Å². The minimum Gasteiger partial charge on any atom is -0.507 e. The second-order valence-electron chi connectivity index (χ2n) is 8.66. The van der Waals surface area contributed by atoms with Gasteiger partial charge >= 0.3 is 0 Å². The first-order valence-electron chi connectivity index (χ1n) is 11.6. The van der Waals surface area contributed by atoms with E-state index < -0.39 is 5.91 Å². The van der Waals surface area contributed by atoms with Crippen molar-refractivity contribution in [3.8, 4) is 11.5 Å². The van der Waals surface area contributed by atoms with Crippen LogP contribution in [0.15, 0.2) is 81.9 Å². The molecule has 184 valence electrons. The fourth-order valence-corrected chi connectivity index (χ4v) is 4.51. The Labute approximate surface area is 214 Å². The number of phenols is 1. The highest BCUT2D eigenvalue weighted by molar-refractivity contribution is 8.18. The fourth-order valence-electron chi connectivity index (χ4n) is 3.65. The SMILES string of the molecule is Cc1ccc(C(C)C)c(OCCN2C(=O)S/C(=C\c3cc(N=Nc4ccccc4)ccc3O)C2=O)c1. The molecule has 0 aliphatic carbocycles. The van der Waals surface area contributed by atoms with Crippen molar-refractivity contribution in [1.82, 2.24) is 4.90 Å². The molecule has 1 heterocycles. The van der Waals surface area contributed by atoms with Crippen LogP contribution in [0.25, 0.3) is 6.08 Å². The van der Waals surface area contributed by atoms with Crippen molar-refractivity contribution in [2.45, 2.75) is 26.7 Å². The zero-order chi connectivity index (χ0) is 25.7. The topological polar surface area (TPSA) is 91.6 Å². The van der Waals surface area contributed by atoms with Gasteiger partial charge in [0.25, 0.3) is 11.1 Å². The quantitative estimate of drug-likeness (QED) is 0.257. The number of thioether (sulfide) groups is 1. The fraction of sp³-hybridized carbons (Fsp3) is 0.214. The van der Waals surface area contributed by atoms with Crippen molar-refractivity contribution in [2.24, 2.45) is 10.2 Å². The van der Waals surface area contributed by atoms with Crippen LogP contribution in [0, 0.1) is 6.92 Å². The molecule has 0 atom stereocenters. The molecule has 0 saturated carbocycles. The standard InChI is InChI=1S/C28H27N3O4S/c1-18(2)23-11-9-19(3)15-25(23)35-14-13-31-27(33)26(36-28(31)34)17-20-16-22(10-12-24(20)32)30-29-21-7-5-4-6-8-21/h4-12,15-18,32H,13-14H2,1-3H3/b26-17-,30-29?. The average molecular weight is 502 g/mol. The molecule has 1 saturated heterocycles. The molecule has 0 bridgehead atoms. The summed E-state index contributed by atoms with van der Waals surface area (Å²) in [6.07, 6.45) is 1.50. The summed E-state index contributed by atoms with van der Waals surface area (Å²) in [5.41, 5.74) is 3.74. The van der Waals surface area contributed by atoms with Crippen LogP contribution in [0.3, 0.4) is 0 Å². The maximum absolute atomic E-state index is 12.9. The van der Waals surface area contributed by atoms with Gasteiger partial charge in [-0.1, -0.05) is 44.2 Å². The van der Waals surface area contributed by atoms with Crippen LogP contribution < -0.4 is 4.74 Å². The molecule has 4 rings (SSSR count). The van der Waals surface area contributed by atoms with Crippen molar-refractivity contribution in [2.75, 3.05) is 13.2 Å². The summed E-state index contributed by atoms with van der Waals surface area (Å²) in [5.74, 6) is 0.609. The van der Waals surface area contributed by atoms with Gasteiger partial charge in [-0.25, -0.2) is 0 Å². The van der Waals surface area contributed by atoms with Crippen molar-refractivity contribution < 1.29 is 19.4 Å². The molecule has 0 aromatic heterocycles. The molecule has 1 aliphatic rings. The molecule has 0 unspecified atom stereocenters. The number of hydrogen-bond acceptors (Lipinski definition) is 7. The van der Waals surface area contributed by atoms with Crippen molar-refractivity contribution in [1.29, 1.82) is 0 Å². The summed E-state index contributed by atoms with van der Waals surface area (Å²) in [4.78, 5) is 26.9. The molecule has 0 radical (unpaired) electrons. The number of carbonyl (C=O) groups is 2. The summed E-state index contributed by atoms with van der Waals surface area (Å²) in [6, 6.07) is 20.0. The molecule has 7 nitrogen and oxygen atoms in total. The number of azo groups is 1. The third-order valence-corrected chi connectivity index (χ3v) is 6.48. The maximum Gasteiger partial charge on any atom is 0.293 e. The maximum atomic E-state index is 12.9. The van der Waals surface area contributed by atoms with Gasteiger partial charge in [-0.3, -0.25) is 14.5 Å². The average Bonchev–Trinajstić information content (AvgIpc) is 3.12. The number of rotatable bonds is 8. The highest BCUT2D eigenvalue weighted by Crippen LogP contribution is 2.35. The van der Waals surface area contributed by atoms with Crippen LogP contribution in [0.5, 0.6) is 11.5 Å². The molecule has 36 heavy (non-hydrogen) atoms. The van der Waals surface area contributed by atoms with Crippen molar-refractivity contribution in [3.63, 3.8) is 0 Å². The lowest BCUT2D eigenvalue weighted by molar-refractivity contribution is -0.123. The molecule has 8 heteroatoms. The lowest BCUT2D eigenvalue weighted by Gasteiger charge is -2.17. The number of imide groups is 1. The zero-order valence-electron chi connectivity index (χ0n) is 20.3. The second kappa shape index (κ2) is 11.2. The van der Waals surface area contributed by atoms with Gasteiger partial charge in [0, 0.05) is 5.56 Å². The van der Waals surface area contributed by atoms with Crippen LogP contribution in [-0.4, -0.2) is 34.3 Å². The van der Waals surface area contributed by atoms with Gasteiger partial charge in [-0.05, 0) is 78.2 Å².